The summed E-state index contributed by atoms with van der Waals surface area (Å²) in [6, 6.07) is 14.5. The van der Waals surface area contributed by atoms with E-state index in [2.05, 4.69) is 51.0 Å². The molecule has 28 heavy (non-hydrogen) atoms. The number of nitriles is 1. The maximum Gasteiger partial charge on any atom is 0.146 e. The number of ether oxygens (including phenoxy) is 1. The Morgan fingerprint density at radius 2 is 1.93 bits per heavy atom. The predicted molar refractivity (Wildman–Crippen MR) is 109 cm³/mol. The van der Waals surface area contributed by atoms with Crippen molar-refractivity contribution in [1.82, 2.24) is 9.55 Å². The van der Waals surface area contributed by atoms with Gasteiger partial charge in [-0.2, -0.15) is 5.26 Å². The lowest BCUT2D eigenvalue weighted by atomic mass is 10.1. The Labute approximate surface area is 165 Å². The number of anilines is 1. The quantitative estimate of drug-likeness (QED) is 0.667. The summed E-state index contributed by atoms with van der Waals surface area (Å²) in [4.78, 5) is 6.61. The largest absolute Gasteiger partial charge is 0.490 e. The Kier molecular flexibility index (Phi) is 4.40. The lowest BCUT2D eigenvalue weighted by Crippen LogP contribution is -2.39. The Balaban J connectivity index is 1.28. The van der Waals surface area contributed by atoms with E-state index in [-0.39, 0.29) is 6.10 Å². The van der Waals surface area contributed by atoms with Crippen LogP contribution in [-0.2, 0) is 6.54 Å². The molecule has 142 valence electrons. The van der Waals surface area contributed by atoms with E-state index in [1.807, 2.05) is 12.1 Å². The van der Waals surface area contributed by atoms with Gasteiger partial charge in [0.25, 0.3) is 0 Å². The van der Waals surface area contributed by atoms with Gasteiger partial charge < -0.3 is 14.2 Å². The van der Waals surface area contributed by atoms with Gasteiger partial charge in [-0.15, -0.1) is 0 Å². The highest BCUT2D eigenvalue weighted by molar-refractivity contribution is 5.86. The molecule has 5 nitrogen and oxygen atoms in total. The minimum Gasteiger partial charge on any atom is -0.490 e. The lowest BCUT2D eigenvalue weighted by molar-refractivity contribution is 0.173. The molecule has 1 aliphatic heterocycles. The van der Waals surface area contributed by atoms with E-state index in [1.165, 1.54) is 23.7 Å². The second-order valence-electron chi connectivity index (χ2n) is 7.89. The maximum atomic E-state index is 9.31. The summed E-state index contributed by atoms with van der Waals surface area (Å²) in [6.07, 6.45) is 8.73. The van der Waals surface area contributed by atoms with Gasteiger partial charge in [0, 0.05) is 50.3 Å². The van der Waals surface area contributed by atoms with Crippen LogP contribution < -0.4 is 9.64 Å². The fourth-order valence-electron chi connectivity index (χ4n) is 4.14. The topological polar surface area (TPSA) is 54.1 Å². The number of benzene rings is 1. The Morgan fingerprint density at radius 1 is 1.07 bits per heavy atom. The number of aromatic nitrogens is 2. The number of hydrogen-bond acceptors (Lipinski definition) is 4. The summed E-state index contributed by atoms with van der Waals surface area (Å²) < 4.78 is 8.79. The van der Waals surface area contributed by atoms with E-state index in [1.54, 1.807) is 6.20 Å². The van der Waals surface area contributed by atoms with Gasteiger partial charge >= 0.3 is 0 Å². The van der Waals surface area contributed by atoms with Crippen LogP contribution in [0, 0.1) is 17.2 Å². The molecule has 1 aliphatic carbocycles. The first-order valence-electron chi connectivity index (χ1n) is 10.2. The summed E-state index contributed by atoms with van der Waals surface area (Å²) in [5, 5.41) is 10.5. The molecule has 5 heteroatoms. The van der Waals surface area contributed by atoms with Gasteiger partial charge in [-0.3, -0.25) is 0 Å². The molecular formula is C23H24N4O. The van der Waals surface area contributed by atoms with Crippen LogP contribution in [0.15, 0.2) is 48.8 Å². The van der Waals surface area contributed by atoms with Gasteiger partial charge in [0.1, 0.15) is 23.7 Å². The van der Waals surface area contributed by atoms with E-state index >= 15 is 0 Å². The number of fused-ring (bicyclic) bond motifs is 1. The van der Waals surface area contributed by atoms with E-state index in [9.17, 15) is 5.26 Å². The van der Waals surface area contributed by atoms with Gasteiger partial charge in [-0.05, 0) is 49.1 Å². The van der Waals surface area contributed by atoms with Gasteiger partial charge in [0.2, 0.25) is 0 Å². The first-order chi connectivity index (χ1) is 13.8. The van der Waals surface area contributed by atoms with Gasteiger partial charge in [0.15, 0.2) is 0 Å². The highest BCUT2D eigenvalue weighted by Crippen LogP contribution is 2.34. The van der Waals surface area contributed by atoms with Crippen LogP contribution in [0.5, 0.6) is 5.75 Å². The number of piperidine rings is 1. The van der Waals surface area contributed by atoms with Crippen LogP contribution in [0.25, 0.3) is 10.9 Å². The molecule has 2 fully saturated rings. The zero-order chi connectivity index (χ0) is 18.9. The van der Waals surface area contributed by atoms with Crippen molar-refractivity contribution in [1.29, 1.82) is 5.26 Å². The molecule has 1 aromatic carbocycles. The number of nitrogens with zero attached hydrogens (tertiary/aromatic N) is 4. The molecule has 1 saturated heterocycles. The third-order valence-electron chi connectivity index (χ3n) is 5.87. The normalized spacial score (nSPS) is 17.6. The number of pyridine rings is 1. The van der Waals surface area contributed by atoms with Crippen LogP contribution in [0.4, 0.5) is 5.82 Å². The third kappa shape index (κ3) is 3.31. The molecule has 5 rings (SSSR count). The zero-order valence-electron chi connectivity index (χ0n) is 15.9. The van der Waals surface area contributed by atoms with Crippen LogP contribution in [-0.4, -0.2) is 28.7 Å². The van der Waals surface area contributed by atoms with E-state index in [0.29, 0.717) is 5.56 Å². The molecule has 2 aliphatic rings. The molecular weight excluding hydrogens is 348 g/mol. The SMILES string of the molecule is N#Cc1cccnc1N1CCC(Oc2cccc3c2ccn3CC2CC2)CC1. The highest BCUT2D eigenvalue weighted by atomic mass is 16.5. The third-order valence-corrected chi connectivity index (χ3v) is 5.87. The molecule has 0 N–H and O–H groups in total. The summed E-state index contributed by atoms with van der Waals surface area (Å²) in [7, 11) is 0. The van der Waals surface area contributed by atoms with Crippen LogP contribution >= 0.6 is 0 Å². The fraction of sp³-hybridized carbons (Fsp3) is 0.391. The highest BCUT2D eigenvalue weighted by Gasteiger charge is 2.25. The van der Waals surface area contributed by atoms with Crippen molar-refractivity contribution in [3.05, 3.63) is 54.4 Å². The minimum atomic E-state index is 0.197. The van der Waals surface area contributed by atoms with Crippen molar-refractivity contribution in [2.45, 2.75) is 38.3 Å². The van der Waals surface area contributed by atoms with Gasteiger partial charge in [0.05, 0.1) is 11.1 Å². The van der Waals surface area contributed by atoms with E-state index in [0.717, 1.165) is 50.0 Å². The average molecular weight is 372 g/mol. The van der Waals surface area contributed by atoms with Crippen molar-refractivity contribution < 1.29 is 4.74 Å². The summed E-state index contributed by atoms with van der Waals surface area (Å²) in [6.45, 7) is 2.83. The average Bonchev–Trinajstić information content (AvgIpc) is 3.47. The van der Waals surface area contributed by atoms with Crippen molar-refractivity contribution in [2.24, 2.45) is 5.92 Å². The maximum absolute atomic E-state index is 9.31. The fourth-order valence-corrected chi connectivity index (χ4v) is 4.14. The first kappa shape index (κ1) is 17.1. The molecule has 3 aromatic rings. The van der Waals surface area contributed by atoms with E-state index in [4.69, 9.17) is 4.74 Å². The number of hydrogen-bond donors (Lipinski definition) is 0. The second-order valence-corrected chi connectivity index (χ2v) is 7.89. The molecule has 0 atom stereocenters. The number of rotatable bonds is 5. The van der Waals surface area contributed by atoms with Crippen molar-refractivity contribution in [3.8, 4) is 11.8 Å². The Morgan fingerprint density at radius 3 is 2.71 bits per heavy atom. The summed E-state index contributed by atoms with van der Waals surface area (Å²) in [5.41, 5.74) is 1.91. The van der Waals surface area contributed by atoms with Crippen molar-refractivity contribution in [3.63, 3.8) is 0 Å². The molecule has 3 heterocycles. The van der Waals surface area contributed by atoms with Crippen molar-refractivity contribution >= 4 is 16.7 Å². The molecule has 1 saturated carbocycles. The monoisotopic (exact) mass is 372 g/mol. The Hall–Kier alpha value is -3.00. The van der Waals surface area contributed by atoms with Crippen molar-refractivity contribution in [2.75, 3.05) is 18.0 Å². The summed E-state index contributed by atoms with van der Waals surface area (Å²) >= 11 is 0. The summed E-state index contributed by atoms with van der Waals surface area (Å²) in [5.74, 6) is 2.64. The lowest BCUT2D eigenvalue weighted by Gasteiger charge is -2.33. The predicted octanol–water partition coefficient (Wildman–Crippen LogP) is 4.37. The Bertz CT molecular complexity index is 1020. The van der Waals surface area contributed by atoms with Gasteiger partial charge in [-0.25, -0.2) is 4.98 Å². The molecule has 0 unspecified atom stereocenters. The molecule has 0 amide bonds. The van der Waals surface area contributed by atoms with Crippen LogP contribution in [0.2, 0.25) is 0 Å². The zero-order valence-corrected chi connectivity index (χ0v) is 15.9. The molecule has 2 aromatic heterocycles. The van der Waals surface area contributed by atoms with E-state index < -0.39 is 0 Å². The van der Waals surface area contributed by atoms with Crippen LogP contribution in [0.3, 0.4) is 0 Å². The molecule has 0 bridgehead atoms. The standard InChI is InChI=1S/C23H24N4O/c24-15-18-3-2-11-25-23(18)26-12-8-19(9-13-26)28-22-5-1-4-21-20(22)10-14-27(21)16-17-6-7-17/h1-5,10-11,14,17,19H,6-9,12-13,16H2. The minimum absolute atomic E-state index is 0.197. The van der Waals surface area contributed by atoms with Crippen LogP contribution in [0.1, 0.15) is 31.2 Å². The molecule has 0 spiro atoms. The molecule has 0 radical (unpaired) electrons. The first-order valence-corrected chi connectivity index (χ1v) is 10.2. The van der Waals surface area contributed by atoms with Gasteiger partial charge in [-0.1, -0.05) is 6.07 Å². The second kappa shape index (κ2) is 7.20. The smallest absolute Gasteiger partial charge is 0.146 e.